The van der Waals surface area contributed by atoms with E-state index in [1.807, 2.05) is 11.3 Å². The first kappa shape index (κ1) is 25.1. The molecule has 1 aromatic carbocycles. The van der Waals surface area contributed by atoms with Crippen molar-refractivity contribution in [2.45, 2.75) is 26.7 Å². The molecule has 3 nitrogen and oxygen atoms in total. The van der Waals surface area contributed by atoms with E-state index in [2.05, 4.69) is 73.8 Å². The Morgan fingerprint density at radius 1 is 0.966 bits per heavy atom. The van der Waals surface area contributed by atoms with E-state index in [9.17, 15) is 0 Å². The predicted molar refractivity (Wildman–Crippen MR) is 130 cm³/mol. The van der Waals surface area contributed by atoms with E-state index in [-0.39, 0.29) is 0 Å². The Morgan fingerprint density at radius 2 is 1.59 bits per heavy atom. The van der Waals surface area contributed by atoms with Crippen molar-refractivity contribution in [2.75, 3.05) is 32.1 Å². The molecule has 29 heavy (non-hydrogen) atoms. The summed E-state index contributed by atoms with van der Waals surface area (Å²) in [5.41, 5.74) is 3.47. The number of rotatable bonds is 5. The van der Waals surface area contributed by atoms with E-state index in [4.69, 9.17) is 43.7 Å². The van der Waals surface area contributed by atoms with Gasteiger partial charge in [0.05, 0.1) is 20.8 Å². The van der Waals surface area contributed by atoms with Gasteiger partial charge in [-0.25, -0.2) is 9.56 Å². The van der Waals surface area contributed by atoms with Gasteiger partial charge in [0, 0.05) is 30.9 Å². The second-order valence-electron chi connectivity index (χ2n) is 7.01. The third-order valence-electron chi connectivity index (χ3n) is 4.22. The van der Waals surface area contributed by atoms with Crippen LogP contribution >= 0.6 is 50.1 Å². The normalized spacial score (nSPS) is 11.3. The van der Waals surface area contributed by atoms with Crippen LogP contribution in [0.3, 0.4) is 0 Å². The Balaban J connectivity index is 0.000000537. The monoisotopic (exact) mass is 544 g/mol. The molecule has 0 N–H and O–H groups in total. The van der Waals surface area contributed by atoms with E-state index >= 15 is 0 Å². The molecule has 3 rings (SSSR count). The van der Waals surface area contributed by atoms with Gasteiger partial charge in [-0.15, -0.1) is 11.3 Å². The summed E-state index contributed by atoms with van der Waals surface area (Å²) in [5, 5.41) is 1.22. The van der Waals surface area contributed by atoms with Crippen LogP contribution in [0.15, 0.2) is 36.4 Å². The Kier molecular flexibility index (Phi) is 9.92. The first-order valence-electron chi connectivity index (χ1n) is 9.79. The number of aromatic nitrogens is 1. The van der Waals surface area contributed by atoms with Gasteiger partial charge in [-0.3, -0.25) is 0 Å². The van der Waals surface area contributed by atoms with Crippen molar-refractivity contribution in [1.29, 1.82) is 0 Å². The molecule has 0 saturated carbocycles. The topological polar surface area (TPSA) is 19.1 Å². The van der Waals surface area contributed by atoms with Gasteiger partial charge in [0.25, 0.3) is 0 Å². The summed E-state index contributed by atoms with van der Waals surface area (Å²) in [6.07, 6.45) is 2.34. The minimum absolute atomic E-state index is 1.07. The van der Waals surface area contributed by atoms with Gasteiger partial charge in [-0.05, 0) is 37.1 Å². The molecule has 0 aromatic heterocycles. The standard InChI is InChI=1S/C20H26N3S.4ClH.Zn/c1-5-11-23(12-6-2)16-8-10-18-20(14-16)24-19-13-15(22(3)4)7-9-17(19)21-18;;;;;/h7-10,13-14H,5-6,11-12H2,1-4H3;4*1H;/q+1;;;;;+2/p-4. The van der Waals surface area contributed by atoms with Crippen LogP contribution in [-0.2, 0) is 10.8 Å². The van der Waals surface area contributed by atoms with E-state index in [1.54, 1.807) is 0 Å². The molecule has 0 unspecified atom stereocenters. The van der Waals surface area contributed by atoms with Crippen molar-refractivity contribution in [3.05, 3.63) is 41.8 Å². The number of anilines is 1. The Bertz CT molecular complexity index is 971. The number of nitrogens with zero attached hydrogens (tertiary/aromatic N) is 3. The zero-order valence-electron chi connectivity index (χ0n) is 17.3. The Labute approximate surface area is 196 Å². The molecule has 0 saturated heterocycles. The summed E-state index contributed by atoms with van der Waals surface area (Å²) in [7, 11) is 21.0. The van der Waals surface area contributed by atoms with E-state index < -0.39 is 10.8 Å². The summed E-state index contributed by atoms with van der Waals surface area (Å²) in [6.45, 7) is 6.69. The maximum absolute atomic E-state index is 5.05. The molecule has 1 heterocycles. The summed E-state index contributed by atoms with van der Waals surface area (Å²) in [5.74, 6) is 0. The van der Waals surface area contributed by atoms with Gasteiger partial charge in [-0.2, -0.15) is 0 Å². The van der Waals surface area contributed by atoms with Crippen LogP contribution in [0.25, 0.3) is 20.8 Å². The summed E-state index contributed by atoms with van der Waals surface area (Å²) in [4.78, 5) is 8.56. The second kappa shape index (κ2) is 11.5. The molecule has 0 bridgehead atoms. The van der Waals surface area contributed by atoms with Crippen molar-refractivity contribution < 1.29 is 10.8 Å². The van der Waals surface area contributed by atoms with Crippen LogP contribution in [0.1, 0.15) is 26.7 Å². The van der Waals surface area contributed by atoms with Gasteiger partial charge in [0.2, 0.25) is 5.36 Å². The van der Waals surface area contributed by atoms with Crippen molar-refractivity contribution in [2.24, 2.45) is 0 Å². The van der Waals surface area contributed by atoms with Gasteiger partial charge < -0.3 is 4.90 Å². The fourth-order valence-electron chi connectivity index (χ4n) is 2.99. The molecule has 0 spiro atoms. The van der Waals surface area contributed by atoms with Crippen molar-refractivity contribution in [1.82, 2.24) is 9.56 Å². The third-order valence-corrected chi connectivity index (χ3v) is 5.31. The third kappa shape index (κ3) is 8.12. The Morgan fingerprint density at radius 3 is 2.14 bits per heavy atom. The first-order valence-corrected chi connectivity index (χ1v) is 26.2. The van der Waals surface area contributed by atoms with E-state index in [1.165, 1.54) is 33.5 Å². The number of fused-ring (bicyclic) bond motifs is 2. The zero-order valence-corrected chi connectivity index (χ0v) is 24.1. The SMILES string of the molecule is CCCN(CCC)c1ccc2nc3ccc(=[N+](C)C)cc-3sc2c1.[Cl][Zn-2]([Cl])([Cl])[Cl]. The van der Waals surface area contributed by atoms with Crippen LogP contribution in [0, 0.1) is 0 Å². The molecule has 0 atom stereocenters. The van der Waals surface area contributed by atoms with Gasteiger partial charge in [0.15, 0.2) is 0 Å². The average molecular weight is 548 g/mol. The van der Waals surface area contributed by atoms with Crippen LogP contribution in [0.2, 0.25) is 0 Å². The molecule has 1 aromatic rings. The number of hydrogen-bond donors (Lipinski definition) is 0. The summed E-state index contributed by atoms with van der Waals surface area (Å²) in [6, 6.07) is 13.2. The average Bonchev–Trinajstić information content (AvgIpc) is 2.64. The first-order chi connectivity index (χ1) is 13.6. The number of halogens is 4. The van der Waals surface area contributed by atoms with Gasteiger partial charge in [-0.1, -0.05) is 13.8 Å². The Hall–Kier alpha value is -0.157. The molecular formula is C20H26Cl4N3SZn-. The molecule has 1 aliphatic carbocycles. The molecular weight excluding hydrogens is 522 g/mol. The fraction of sp³-hybridized carbons (Fsp3) is 0.400. The zero-order chi connectivity index (χ0) is 21.6. The molecule has 158 valence electrons. The number of hydrogen-bond acceptors (Lipinski definition) is 3. The van der Waals surface area contributed by atoms with Crippen LogP contribution in [0.4, 0.5) is 5.69 Å². The van der Waals surface area contributed by atoms with Crippen LogP contribution in [-0.4, -0.2) is 32.2 Å². The maximum atomic E-state index is 5.05. The summed E-state index contributed by atoms with van der Waals surface area (Å²) >= 11 is 1.83. The molecule has 9 heteroatoms. The molecule has 0 amide bonds. The second-order valence-corrected chi connectivity index (χ2v) is 35.8. The molecule has 1 aliphatic heterocycles. The van der Waals surface area contributed by atoms with E-state index in [0.717, 1.165) is 24.3 Å². The fourth-order valence-corrected chi connectivity index (χ4v) is 4.02. The minimum atomic E-state index is -3.36. The molecule has 2 aliphatic rings. The van der Waals surface area contributed by atoms with Crippen molar-refractivity contribution in [3.8, 4) is 10.6 Å². The van der Waals surface area contributed by atoms with Crippen LogP contribution in [0.5, 0.6) is 0 Å². The molecule has 0 fully saturated rings. The van der Waals surface area contributed by atoms with Gasteiger partial charge >= 0.3 is 49.6 Å². The van der Waals surface area contributed by atoms with Crippen LogP contribution < -0.4 is 14.8 Å². The molecule has 0 radical (unpaired) electrons. The summed E-state index contributed by atoms with van der Waals surface area (Å²) < 4.78 is 3.39. The van der Waals surface area contributed by atoms with Gasteiger partial charge in [0.1, 0.15) is 14.1 Å². The quantitative estimate of drug-likeness (QED) is 0.198. The van der Waals surface area contributed by atoms with Crippen molar-refractivity contribution in [3.63, 3.8) is 0 Å². The predicted octanol–water partition coefficient (Wildman–Crippen LogP) is 6.81. The van der Waals surface area contributed by atoms with E-state index in [0.29, 0.717) is 0 Å². The number of benzene rings is 2. The van der Waals surface area contributed by atoms with Crippen molar-refractivity contribution >= 4 is 66.0 Å².